The number of anilines is 1. The molecule has 0 amide bonds. The zero-order valence-corrected chi connectivity index (χ0v) is 13.1. The summed E-state index contributed by atoms with van der Waals surface area (Å²) in [6.07, 6.45) is 3.83. The van der Waals surface area contributed by atoms with Crippen LogP contribution in [0, 0.1) is 0 Å². The van der Waals surface area contributed by atoms with E-state index >= 15 is 0 Å². The molecule has 0 saturated carbocycles. The van der Waals surface area contributed by atoms with E-state index in [2.05, 4.69) is 32.2 Å². The summed E-state index contributed by atoms with van der Waals surface area (Å²) in [5.41, 5.74) is 2.85. The van der Waals surface area contributed by atoms with Gasteiger partial charge >= 0.3 is 0 Å². The van der Waals surface area contributed by atoms with Crippen LogP contribution >= 0.6 is 0 Å². The van der Waals surface area contributed by atoms with Gasteiger partial charge in [-0.3, -0.25) is 5.10 Å². The third kappa shape index (κ3) is 3.40. The molecule has 0 spiro atoms. The summed E-state index contributed by atoms with van der Waals surface area (Å²) in [7, 11) is 4.03. The summed E-state index contributed by atoms with van der Waals surface area (Å²) in [5.74, 6) is 1.28. The molecule has 0 aliphatic heterocycles. The average molecular weight is 306 g/mol. The molecule has 23 heavy (non-hydrogen) atoms. The second-order valence-electron chi connectivity index (χ2n) is 5.38. The van der Waals surface area contributed by atoms with Gasteiger partial charge in [-0.2, -0.15) is 5.10 Å². The molecule has 5 heteroatoms. The van der Waals surface area contributed by atoms with Gasteiger partial charge < -0.3 is 10.0 Å². The third-order valence-corrected chi connectivity index (χ3v) is 3.49. The van der Waals surface area contributed by atoms with Crippen molar-refractivity contribution in [3.8, 4) is 17.1 Å². The molecule has 3 rings (SSSR count). The van der Waals surface area contributed by atoms with E-state index in [1.807, 2.05) is 44.4 Å². The molecule has 0 atom stereocenters. The fourth-order valence-corrected chi connectivity index (χ4v) is 2.19. The van der Waals surface area contributed by atoms with Gasteiger partial charge in [0.1, 0.15) is 11.6 Å². The zero-order chi connectivity index (χ0) is 16.2. The van der Waals surface area contributed by atoms with Crippen molar-refractivity contribution in [3.63, 3.8) is 0 Å². The van der Waals surface area contributed by atoms with Gasteiger partial charge in [-0.05, 0) is 35.9 Å². The standard InChI is InChI=1S/C18H18N4O/c1-22(2)14-10-7-13(8-11-14)9-12-17-19-18(21-20-17)15-5-3-4-6-16(15)23/h3-12,23H,1-2H3,(H,19,20,21). The fourth-order valence-electron chi connectivity index (χ4n) is 2.19. The van der Waals surface area contributed by atoms with E-state index < -0.39 is 0 Å². The lowest BCUT2D eigenvalue weighted by atomic mass is 10.2. The van der Waals surface area contributed by atoms with Crippen LogP contribution in [-0.4, -0.2) is 34.4 Å². The molecule has 0 bridgehead atoms. The number of benzene rings is 2. The predicted octanol–water partition coefficient (Wildman–Crippen LogP) is 3.41. The maximum atomic E-state index is 9.84. The van der Waals surface area contributed by atoms with Crippen molar-refractivity contribution in [2.75, 3.05) is 19.0 Å². The lowest BCUT2D eigenvalue weighted by molar-refractivity contribution is 0.477. The number of aromatic hydroxyl groups is 1. The Balaban J connectivity index is 1.77. The normalized spacial score (nSPS) is 11.0. The van der Waals surface area contributed by atoms with Crippen molar-refractivity contribution < 1.29 is 5.11 Å². The van der Waals surface area contributed by atoms with Gasteiger partial charge in [-0.1, -0.05) is 30.3 Å². The van der Waals surface area contributed by atoms with Crippen LogP contribution in [0.2, 0.25) is 0 Å². The number of rotatable bonds is 4. The molecule has 2 aromatic carbocycles. The van der Waals surface area contributed by atoms with E-state index in [0.29, 0.717) is 17.2 Å². The molecule has 3 aromatic rings. The largest absolute Gasteiger partial charge is 0.507 e. The summed E-state index contributed by atoms with van der Waals surface area (Å²) in [5, 5.41) is 16.8. The van der Waals surface area contributed by atoms with Crippen molar-refractivity contribution >= 4 is 17.8 Å². The Morgan fingerprint density at radius 2 is 1.74 bits per heavy atom. The molecule has 2 N–H and O–H groups in total. The number of nitrogens with one attached hydrogen (secondary N) is 1. The van der Waals surface area contributed by atoms with Gasteiger partial charge in [0.2, 0.25) is 0 Å². The maximum Gasteiger partial charge on any atom is 0.185 e. The monoisotopic (exact) mass is 306 g/mol. The molecule has 0 fully saturated rings. The molecule has 0 saturated heterocycles. The molecular weight excluding hydrogens is 288 g/mol. The summed E-state index contributed by atoms with van der Waals surface area (Å²) in [4.78, 5) is 6.44. The Hall–Kier alpha value is -3.08. The first kappa shape index (κ1) is 14.8. The average Bonchev–Trinajstić information content (AvgIpc) is 3.02. The van der Waals surface area contributed by atoms with Crippen LogP contribution in [0.1, 0.15) is 11.4 Å². The summed E-state index contributed by atoms with van der Waals surface area (Å²) < 4.78 is 0. The molecule has 5 nitrogen and oxygen atoms in total. The summed E-state index contributed by atoms with van der Waals surface area (Å²) in [6, 6.07) is 15.2. The Morgan fingerprint density at radius 1 is 1.00 bits per heavy atom. The zero-order valence-electron chi connectivity index (χ0n) is 13.1. The van der Waals surface area contributed by atoms with Gasteiger partial charge in [-0.15, -0.1) is 0 Å². The third-order valence-electron chi connectivity index (χ3n) is 3.49. The van der Waals surface area contributed by atoms with E-state index in [9.17, 15) is 5.11 Å². The van der Waals surface area contributed by atoms with Crippen LogP contribution in [0.3, 0.4) is 0 Å². The van der Waals surface area contributed by atoms with E-state index in [0.717, 1.165) is 11.3 Å². The van der Waals surface area contributed by atoms with Crippen molar-refractivity contribution in [2.45, 2.75) is 0 Å². The molecule has 1 heterocycles. The van der Waals surface area contributed by atoms with Gasteiger partial charge in [-0.25, -0.2) is 4.98 Å². The first-order valence-electron chi connectivity index (χ1n) is 7.30. The second-order valence-corrected chi connectivity index (χ2v) is 5.38. The predicted molar refractivity (Wildman–Crippen MR) is 93.2 cm³/mol. The van der Waals surface area contributed by atoms with Crippen LogP contribution in [0.15, 0.2) is 48.5 Å². The maximum absolute atomic E-state index is 9.84. The number of phenols is 1. The SMILES string of the molecule is CN(C)c1ccc(C=Cc2nc(-c3ccccc3O)n[nH]2)cc1. The number of hydrogen-bond donors (Lipinski definition) is 2. The highest BCUT2D eigenvalue weighted by Crippen LogP contribution is 2.25. The molecule has 0 radical (unpaired) electrons. The number of hydrogen-bond acceptors (Lipinski definition) is 4. The van der Waals surface area contributed by atoms with E-state index in [1.54, 1.807) is 18.2 Å². The van der Waals surface area contributed by atoms with Gasteiger partial charge in [0.25, 0.3) is 0 Å². The summed E-state index contributed by atoms with van der Waals surface area (Å²) >= 11 is 0. The number of para-hydroxylation sites is 1. The number of aromatic amines is 1. The van der Waals surface area contributed by atoms with E-state index in [4.69, 9.17) is 0 Å². The highest BCUT2D eigenvalue weighted by Gasteiger charge is 2.08. The highest BCUT2D eigenvalue weighted by molar-refractivity contribution is 5.69. The highest BCUT2D eigenvalue weighted by atomic mass is 16.3. The Bertz CT molecular complexity index is 819. The van der Waals surface area contributed by atoms with Gasteiger partial charge in [0.15, 0.2) is 5.82 Å². The topological polar surface area (TPSA) is 65.0 Å². The minimum atomic E-state index is 0.168. The number of aromatic nitrogens is 3. The van der Waals surface area contributed by atoms with E-state index in [1.165, 1.54) is 0 Å². The fraction of sp³-hybridized carbons (Fsp3) is 0.111. The molecule has 116 valence electrons. The Kier molecular flexibility index (Phi) is 4.10. The van der Waals surface area contributed by atoms with Crippen LogP contribution in [0.4, 0.5) is 5.69 Å². The Morgan fingerprint density at radius 3 is 2.43 bits per heavy atom. The molecule has 0 aliphatic rings. The van der Waals surface area contributed by atoms with Crippen molar-refractivity contribution in [2.24, 2.45) is 0 Å². The van der Waals surface area contributed by atoms with Gasteiger partial charge in [0, 0.05) is 19.8 Å². The number of phenolic OH excluding ortho intramolecular Hbond substituents is 1. The van der Waals surface area contributed by atoms with Crippen LogP contribution < -0.4 is 4.90 Å². The summed E-state index contributed by atoms with van der Waals surface area (Å²) in [6.45, 7) is 0. The van der Waals surface area contributed by atoms with Crippen LogP contribution in [0.25, 0.3) is 23.5 Å². The molecular formula is C18H18N4O. The van der Waals surface area contributed by atoms with Crippen molar-refractivity contribution in [3.05, 3.63) is 59.9 Å². The quantitative estimate of drug-likeness (QED) is 0.775. The molecule has 0 unspecified atom stereocenters. The molecule has 1 aromatic heterocycles. The molecule has 0 aliphatic carbocycles. The van der Waals surface area contributed by atoms with Crippen LogP contribution in [-0.2, 0) is 0 Å². The smallest absolute Gasteiger partial charge is 0.185 e. The van der Waals surface area contributed by atoms with Crippen molar-refractivity contribution in [1.82, 2.24) is 15.2 Å². The van der Waals surface area contributed by atoms with Crippen molar-refractivity contribution in [1.29, 1.82) is 0 Å². The minimum absolute atomic E-state index is 0.168. The second kappa shape index (κ2) is 6.36. The lowest BCUT2D eigenvalue weighted by Gasteiger charge is -2.11. The minimum Gasteiger partial charge on any atom is -0.507 e. The van der Waals surface area contributed by atoms with Crippen LogP contribution in [0.5, 0.6) is 5.75 Å². The van der Waals surface area contributed by atoms with Gasteiger partial charge in [0.05, 0.1) is 5.56 Å². The van der Waals surface area contributed by atoms with E-state index in [-0.39, 0.29) is 5.75 Å². The Labute approximate surface area is 134 Å². The first-order valence-corrected chi connectivity index (χ1v) is 7.30. The first-order chi connectivity index (χ1) is 11.1. The lowest BCUT2D eigenvalue weighted by Crippen LogP contribution is -2.07. The number of nitrogens with zero attached hydrogens (tertiary/aromatic N) is 3. The number of H-pyrrole nitrogens is 1.